The topological polar surface area (TPSA) is 36.4 Å². The van der Waals surface area contributed by atoms with Crippen LogP contribution in [0.15, 0.2) is 47.5 Å². The first-order chi connectivity index (χ1) is 12.4. The number of benzene rings is 1. The number of piperazine rings is 1. The monoisotopic (exact) mass is 381 g/mol. The second-order valence-corrected chi connectivity index (χ2v) is 6.73. The van der Waals surface area contributed by atoms with Crippen molar-refractivity contribution < 1.29 is 18.0 Å². The van der Waals surface area contributed by atoms with Crippen LogP contribution in [0, 0.1) is 0 Å². The Labute approximate surface area is 154 Å². The van der Waals surface area contributed by atoms with Crippen LogP contribution in [-0.4, -0.2) is 48.2 Å². The molecule has 2 heterocycles. The van der Waals surface area contributed by atoms with Crippen LogP contribution in [0.5, 0.6) is 0 Å². The predicted molar refractivity (Wildman–Crippen MR) is 95.6 cm³/mol. The van der Waals surface area contributed by atoms with Crippen molar-refractivity contribution in [3.05, 3.63) is 53.7 Å². The molecule has 1 aromatic heterocycles. The van der Waals surface area contributed by atoms with Crippen molar-refractivity contribution in [1.82, 2.24) is 9.88 Å². The van der Waals surface area contributed by atoms with Crippen LogP contribution in [0.25, 0.3) is 0 Å². The molecule has 0 atom stereocenters. The molecular formula is C18H18F3N3OS. The summed E-state index contributed by atoms with van der Waals surface area (Å²) < 4.78 is 37.9. The maximum atomic E-state index is 12.7. The Balaban J connectivity index is 1.65. The molecule has 0 unspecified atom stereocenters. The summed E-state index contributed by atoms with van der Waals surface area (Å²) in [5, 5.41) is 0. The average molecular weight is 381 g/mol. The summed E-state index contributed by atoms with van der Waals surface area (Å²) in [6, 6.07) is 9.89. The fraction of sp³-hybridized carbons (Fsp3) is 0.333. The number of carbonyl (C=O) groups excluding carboxylic acids is 1. The van der Waals surface area contributed by atoms with Gasteiger partial charge < -0.3 is 9.80 Å². The van der Waals surface area contributed by atoms with Crippen molar-refractivity contribution >= 4 is 23.5 Å². The Morgan fingerprint density at radius 2 is 1.77 bits per heavy atom. The number of hydrogen-bond donors (Lipinski definition) is 0. The zero-order chi connectivity index (χ0) is 18.7. The molecule has 0 bridgehead atoms. The van der Waals surface area contributed by atoms with Crippen molar-refractivity contribution in [2.24, 2.45) is 0 Å². The zero-order valence-electron chi connectivity index (χ0n) is 14.2. The molecule has 4 nitrogen and oxygen atoms in total. The van der Waals surface area contributed by atoms with Gasteiger partial charge in [-0.05, 0) is 30.5 Å². The Morgan fingerprint density at radius 3 is 2.35 bits per heavy atom. The van der Waals surface area contributed by atoms with E-state index in [9.17, 15) is 18.0 Å². The van der Waals surface area contributed by atoms with Gasteiger partial charge in [0.25, 0.3) is 5.91 Å². The quantitative estimate of drug-likeness (QED) is 0.758. The summed E-state index contributed by atoms with van der Waals surface area (Å²) in [6.07, 6.45) is -1.61. The Hall–Kier alpha value is -2.22. The van der Waals surface area contributed by atoms with Gasteiger partial charge in [0.2, 0.25) is 0 Å². The van der Waals surface area contributed by atoms with Gasteiger partial charge in [-0.25, -0.2) is 4.98 Å². The van der Waals surface area contributed by atoms with E-state index in [1.807, 2.05) is 35.4 Å². The van der Waals surface area contributed by atoms with E-state index in [-0.39, 0.29) is 5.91 Å². The summed E-state index contributed by atoms with van der Waals surface area (Å²) in [5.41, 5.74) is -0.0789. The fourth-order valence-electron chi connectivity index (χ4n) is 2.87. The maximum Gasteiger partial charge on any atom is 0.417 e. The van der Waals surface area contributed by atoms with Crippen molar-refractivity contribution in [3.8, 4) is 0 Å². The SMILES string of the molecule is CSc1ccccc1C(=O)N1CCN(c2ccc(C(F)(F)F)cn2)CC1. The summed E-state index contributed by atoms with van der Waals surface area (Å²) in [6.45, 7) is 2.07. The lowest BCUT2D eigenvalue weighted by Gasteiger charge is -2.35. The molecule has 8 heteroatoms. The standard InChI is InChI=1S/C18H18F3N3OS/c1-26-15-5-3-2-4-14(15)17(25)24-10-8-23(9-11-24)16-7-6-13(12-22-16)18(19,20)21/h2-7,12H,8-11H2,1H3. The highest BCUT2D eigenvalue weighted by atomic mass is 32.2. The second kappa shape index (κ2) is 7.57. The molecule has 0 N–H and O–H groups in total. The van der Waals surface area contributed by atoms with Gasteiger partial charge in [-0.15, -0.1) is 11.8 Å². The van der Waals surface area contributed by atoms with E-state index in [2.05, 4.69) is 4.98 Å². The third-order valence-corrected chi connectivity index (χ3v) is 5.10. The normalized spacial score (nSPS) is 15.2. The molecule has 26 heavy (non-hydrogen) atoms. The number of hydrogen-bond acceptors (Lipinski definition) is 4. The second-order valence-electron chi connectivity index (χ2n) is 5.88. The minimum Gasteiger partial charge on any atom is -0.353 e. The number of carbonyl (C=O) groups is 1. The number of pyridine rings is 1. The van der Waals surface area contributed by atoms with E-state index in [0.717, 1.165) is 17.2 Å². The third kappa shape index (κ3) is 3.95. The van der Waals surface area contributed by atoms with Crippen LogP contribution in [0.1, 0.15) is 15.9 Å². The van der Waals surface area contributed by atoms with E-state index in [0.29, 0.717) is 37.6 Å². The smallest absolute Gasteiger partial charge is 0.353 e. The van der Waals surface area contributed by atoms with Gasteiger partial charge in [0.1, 0.15) is 5.82 Å². The molecule has 1 aliphatic heterocycles. The molecule has 2 aromatic rings. The first-order valence-corrected chi connectivity index (χ1v) is 9.33. The van der Waals surface area contributed by atoms with Crippen LogP contribution in [-0.2, 0) is 6.18 Å². The van der Waals surface area contributed by atoms with Gasteiger partial charge in [-0.1, -0.05) is 12.1 Å². The van der Waals surface area contributed by atoms with Crippen molar-refractivity contribution in [3.63, 3.8) is 0 Å². The summed E-state index contributed by atoms with van der Waals surface area (Å²) >= 11 is 1.53. The van der Waals surface area contributed by atoms with E-state index in [1.165, 1.54) is 17.8 Å². The lowest BCUT2D eigenvalue weighted by Crippen LogP contribution is -2.49. The third-order valence-electron chi connectivity index (χ3n) is 4.30. The minimum atomic E-state index is -4.39. The Morgan fingerprint density at radius 1 is 1.08 bits per heavy atom. The molecule has 1 amide bonds. The molecule has 1 saturated heterocycles. The number of nitrogens with zero attached hydrogens (tertiary/aromatic N) is 3. The molecule has 1 fully saturated rings. The average Bonchev–Trinajstić information content (AvgIpc) is 2.67. The van der Waals surface area contributed by atoms with Crippen LogP contribution in [0.4, 0.5) is 19.0 Å². The largest absolute Gasteiger partial charge is 0.417 e. The van der Waals surface area contributed by atoms with Gasteiger partial charge in [-0.3, -0.25) is 4.79 Å². The van der Waals surface area contributed by atoms with Crippen molar-refractivity contribution in [2.75, 3.05) is 37.3 Å². The molecule has 138 valence electrons. The van der Waals surface area contributed by atoms with Crippen LogP contribution < -0.4 is 4.90 Å². The highest BCUT2D eigenvalue weighted by Gasteiger charge is 2.31. The summed E-state index contributed by atoms with van der Waals surface area (Å²) in [7, 11) is 0. The Bertz CT molecular complexity index is 772. The minimum absolute atomic E-state index is 0.0185. The number of alkyl halides is 3. The van der Waals surface area contributed by atoms with E-state index >= 15 is 0 Å². The maximum absolute atomic E-state index is 12.7. The van der Waals surface area contributed by atoms with E-state index in [4.69, 9.17) is 0 Å². The fourth-order valence-corrected chi connectivity index (χ4v) is 3.46. The number of rotatable bonds is 3. The highest BCUT2D eigenvalue weighted by molar-refractivity contribution is 7.98. The van der Waals surface area contributed by atoms with E-state index in [1.54, 1.807) is 4.90 Å². The van der Waals surface area contributed by atoms with Crippen molar-refractivity contribution in [2.45, 2.75) is 11.1 Å². The molecule has 1 aromatic carbocycles. The molecule has 0 saturated carbocycles. The number of anilines is 1. The van der Waals surface area contributed by atoms with Gasteiger partial charge in [0.05, 0.1) is 11.1 Å². The molecule has 0 aliphatic carbocycles. The lowest BCUT2D eigenvalue weighted by molar-refractivity contribution is -0.137. The van der Waals surface area contributed by atoms with Crippen LogP contribution >= 0.6 is 11.8 Å². The highest BCUT2D eigenvalue weighted by Crippen LogP contribution is 2.29. The van der Waals surface area contributed by atoms with E-state index < -0.39 is 11.7 Å². The number of thioether (sulfide) groups is 1. The zero-order valence-corrected chi connectivity index (χ0v) is 15.0. The van der Waals surface area contributed by atoms with Gasteiger partial charge in [0, 0.05) is 37.3 Å². The molecule has 3 rings (SSSR count). The number of aromatic nitrogens is 1. The molecule has 0 radical (unpaired) electrons. The predicted octanol–water partition coefficient (Wildman–Crippen LogP) is 3.78. The lowest BCUT2D eigenvalue weighted by atomic mass is 10.1. The first-order valence-electron chi connectivity index (χ1n) is 8.10. The van der Waals surface area contributed by atoms with Gasteiger partial charge in [0.15, 0.2) is 0 Å². The number of amides is 1. The van der Waals surface area contributed by atoms with Crippen LogP contribution in [0.3, 0.4) is 0 Å². The summed E-state index contributed by atoms with van der Waals surface area (Å²) in [5.74, 6) is 0.476. The molecule has 0 spiro atoms. The van der Waals surface area contributed by atoms with Crippen molar-refractivity contribution in [1.29, 1.82) is 0 Å². The van der Waals surface area contributed by atoms with Gasteiger partial charge in [-0.2, -0.15) is 13.2 Å². The molecule has 1 aliphatic rings. The Kier molecular flexibility index (Phi) is 5.41. The molecular weight excluding hydrogens is 363 g/mol. The summed E-state index contributed by atoms with van der Waals surface area (Å²) in [4.78, 5) is 21.3. The van der Waals surface area contributed by atoms with Crippen LogP contribution in [0.2, 0.25) is 0 Å². The first kappa shape index (κ1) is 18.6. The van der Waals surface area contributed by atoms with Gasteiger partial charge >= 0.3 is 6.18 Å². The number of halogens is 3.